The summed E-state index contributed by atoms with van der Waals surface area (Å²) in [7, 11) is -3.98. The van der Waals surface area contributed by atoms with Gasteiger partial charge in [-0.1, -0.05) is 35.3 Å². The first-order valence-corrected chi connectivity index (χ1v) is 13.6. The fourth-order valence-corrected chi connectivity index (χ4v) is 6.81. The molecular formula is C22H23Cl2N5O3S2. The van der Waals surface area contributed by atoms with E-state index in [0.717, 1.165) is 53.0 Å². The van der Waals surface area contributed by atoms with Crippen LogP contribution in [0.3, 0.4) is 0 Å². The van der Waals surface area contributed by atoms with Crippen LogP contribution in [0.2, 0.25) is 10.0 Å². The Labute approximate surface area is 212 Å². The Hall–Kier alpha value is -2.40. The van der Waals surface area contributed by atoms with E-state index in [-0.39, 0.29) is 10.8 Å². The van der Waals surface area contributed by atoms with E-state index in [0.29, 0.717) is 27.3 Å². The molecule has 1 aliphatic carbocycles. The summed E-state index contributed by atoms with van der Waals surface area (Å²) in [6.07, 6.45) is 6.47. The molecule has 3 aromatic rings. The second-order valence-corrected chi connectivity index (χ2v) is 11.8. The lowest BCUT2D eigenvalue weighted by Crippen LogP contribution is -2.39. The zero-order valence-corrected chi connectivity index (χ0v) is 21.7. The summed E-state index contributed by atoms with van der Waals surface area (Å²) in [6.45, 7) is 3.97. The fraction of sp³-hybridized carbons (Fsp3) is 0.318. The molecule has 0 bridgehead atoms. The molecule has 2 aromatic heterocycles. The van der Waals surface area contributed by atoms with Crippen molar-refractivity contribution in [1.29, 1.82) is 0 Å². The average molecular weight is 540 g/mol. The summed E-state index contributed by atoms with van der Waals surface area (Å²) >= 11 is 13.4. The number of aromatic nitrogens is 3. The van der Waals surface area contributed by atoms with Crippen LogP contribution in [0.1, 0.15) is 40.4 Å². The molecule has 180 valence electrons. The molecule has 2 amide bonds. The summed E-state index contributed by atoms with van der Waals surface area (Å²) < 4.78 is 29.0. The monoisotopic (exact) mass is 539 g/mol. The van der Waals surface area contributed by atoms with Crippen molar-refractivity contribution < 1.29 is 13.2 Å². The molecule has 0 aliphatic heterocycles. The van der Waals surface area contributed by atoms with E-state index in [4.69, 9.17) is 23.2 Å². The number of nitrogens with one attached hydrogen (secondary N) is 2. The summed E-state index contributed by atoms with van der Waals surface area (Å²) in [6, 6.07) is 4.58. The number of urea groups is 1. The summed E-state index contributed by atoms with van der Waals surface area (Å²) in [5.74, 6) is 0. The number of aryl methyl sites for hydroxylation is 3. The zero-order chi connectivity index (χ0) is 24.5. The summed E-state index contributed by atoms with van der Waals surface area (Å²) in [5, 5.41) is 8.91. The first-order chi connectivity index (χ1) is 16.1. The maximum atomic E-state index is 12.5. The summed E-state index contributed by atoms with van der Waals surface area (Å²) in [4.78, 5) is 16.4. The third-order valence-electron chi connectivity index (χ3n) is 5.39. The van der Waals surface area contributed by atoms with Crippen LogP contribution in [0.15, 0.2) is 34.7 Å². The molecule has 8 nitrogen and oxygen atoms in total. The smallest absolute Gasteiger partial charge is 0.328 e. The molecule has 4 rings (SSSR count). The Balaban J connectivity index is 1.45. The number of allylic oxidation sites excluding steroid dienone is 1. The number of thiazole rings is 1. The van der Waals surface area contributed by atoms with Crippen LogP contribution >= 0.6 is 34.5 Å². The van der Waals surface area contributed by atoms with E-state index in [1.165, 1.54) is 0 Å². The van der Waals surface area contributed by atoms with Crippen LogP contribution < -0.4 is 10.0 Å². The topological polar surface area (TPSA) is 106 Å². The van der Waals surface area contributed by atoms with Gasteiger partial charge in [-0.2, -0.15) is 5.10 Å². The number of rotatable bonds is 6. The molecule has 2 N–H and O–H groups in total. The highest BCUT2D eigenvalue weighted by Gasteiger charge is 2.24. The second-order valence-electron chi connectivity index (χ2n) is 7.92. The van der Waals surface area contributed by atoms with Crippen molar-refractivity contribution in [2.24, 2.45) is 0 Å². The lowest BCUT2D eigenvalue weighted by atomic mass is 9.92. The van der Waals surface area contributed by atoms with Crippen LogP contribution in [-0.4, -0.2) is 35.8 Å². The van der Waals surface area contributed by atoms with Gasteiger partial charge in [0.25, 0.3) is 10.0 Å². The number of carbonyl (C=O) groups is 1. The number of halogens is 2. The third-order valence-corrected chi connectivity index (χ3v) is 8.99. The van der Waals surface area contributed by atoms with Gasteiger partial charge in [-0.3, -0.25) is 4.68 Å². The molecule has 1 aliphatic rings. The molecule has 0 unspecified atom stereocenters. The van der Waals surface area contributed by atoms with Crippen molar-refractivity contribution in [3.05, 3.63) is 68.0 Å². The second kappa shape index (κ2) is 10.1. The molecule has 0 radical (unpaired) electrons. The standard InChI is InChI=1S/C22H23Cl2N5O3S2/c1-13-21(33-14(2)27-13)34(31,32)28-22(30)25-9-8-15-4-3-5-16-11-26-29(20(15)16)12-17-6-7-18(23)10-19(17)24/h6-8,10-11H,3-5,9,12H2,1-2H3,(H2,25,28,30). The van der Waals surface area contributed by atoms with Crippen LogP contribution in [-0.2, 0) is 23.0 Å². The van der Waals surface area contributed by atoms with Crippen LogP contribution in [0.25, 0.3) is 5.57 Å². The van der Waals surface area contributed by atoms with E-state index >= 15 is 0 Å². The van der Waals surface area contributed by atoms with Crippen molar-refractivity contribution in [3.8, 4) is 0 Å². The molecule has 0 fully saturated rings. The Morgan fingerprint density at radius 3 is 2.76 bits per heavy atom. The van der Waals surface area contributed by atoms with Gasteiger partial charge >= 0.3 is 6.03 Å². The molecule has 0 spiro atoms. The third kappa shape index (κ3) is 5.46. The predicted octanol–water partition coefficient (Wildman–Crippen LogP) is 4.72. The van der Waals surface area contributed by atoms with E-state index in [2.05, 4.69) is 20.1 Å². The molecule has 0 atom stereocenters. The number of hydrogen-bond acceptors (Lipinski definition) is 6. The fourth-order valence-electron chi connectivity index (χ4n) is 3.93. The van der Waals surface area contributed by atoms with Crippen molar-refractivity contribution >= 4 is 56.2 Å². The number of sulfonamides is 1. The Morgan fingerprint density at radius 1 is 1.26 bits per heavy atom. The Morgan fingerprint density at radius 2 is 2.06 bits per heavy atom. The molecule has 2 heterocycles. The highest BCUT2D eigenvalue weighted by Crippen LogP contribution is 2.32. The number of carbonyl (C=O) groups excluding carboxylic acids is 1. The van der Waals surface area contributed by atoms with Gasteiger partial charge in [0.1, 0.15) is 0 Å². The molecular weight excluding hydrogens is 517 g/mol. The summed E-state index contributed by atoms with van der Waals surface area (Å²) in [5.41, 5.74) is 4.45. The van der Waals surface area contributed by atoms with Crippen molar-refractivity contribution in [2.45, 2.75) is 43.9 Å². The van der Waals surface area contributed by atoms with E-state index in [1.807, 2.05) is 23.0 Å². The molecule has 1 aromatic carbocycles. The van der Waals surface area contributed by atoms with Crippen LogP contribution in [0.4, 0.5) is 4.79 Å². The maximum Gasteiger partial charge on any atom is 0.328 e. The molecule has 12 heteroatoms. The van der Waals surface area contributed by atoms with E-state index < -0.39 is 16.1 Å². The predicted molar refractivity (Wildman–Crippen MR) is 134 cm³/mol. The van der Waals surface area contributed by atoms with Crippen LogP contribution in [0.5, 0.6) is 0 Å². The first-order valence-electron chi connectivity index (χ1n) is 10.6. The largest absolute Gasteiger partial charge is 0.334 e. The highest BCUT2D eigenvalue weighted by atomic mass is 35.5. The van der Waals surface area contributed by atoms with Crippen LogP contribution in [0, 0.1) is 13.8 Å². The minimum atomic E-state index is -3.98. The van der Waals surface area contributed by atoms with Crippen molar-refractivity contribution in [2.75, 3.05) is 6.54 Å². The molecule has 34 heavy (non-hydrogen) atoms. The minimum absolute atomic E-state index is 0.0418. The maximum absolute atomic E-state index is 12.5. The van der Waals surface area contributed by atoms with E-state index in [1.54, 1.807) is 26.0 Å². The molecule has 0 saturated heterocycles. The number of fused-ring (bicyclic) bond motifs is 1. The highest BCUT2D eigenvalue weighted by molar-refractivity contribution is 7.92. The molecule has 0 saturated carbocycles. The number of hydrogen-bond donors (Lipinski definition) is 2. The lowest BCUT2D eigenvalue weighted by Gasteiger charge is -2.18. The minimum Gasteiger partial charge on any atom is -0.334 e. The number of nitrogens with zero attached hydrogens (tertiary/aromatic N) is 3. The van der Waals surface area contributed by atoms with Gasteiger partial charge in [0.15, 0.2) is 4.21 Å². The average Bonchev–Trinajstić information content (AvgIpc) is 3.33. The SMILES string of the molecule is Cc1nc(C)c(S(=O)(=O)NC(=O)NCC=C2CCCc3cnn(Cc4ccc(Cl)cc4Cl)c32)s1. The first kappa shape index (κ1) is 24.7. The zero-order valence-electron chi connectivity index (χ0n) is 18.6. The van der Waals surface area contributed by atoms with E-state index in [9.17, 15) is 13.2 Å². The van der Waals surface area contributed by atoms with Gasteiger partial charge in [-0.25, -0.2) is 22.9 Å². The Kier molecular flexibility index (Phi) is 7.32. The Bertz CT molecular complexity index is 1380. The number of amides is 2. The van der Waals surface area contributed by atoms with Gasteiger partial charge in [-0.15, -0.1) is 11.3 Å². The van der Waals surface area contributed by atoms with Gasteiger partial charge in [0, 0.05) is 16.6 Å². The van der Waals surface area contributed by atoms with Gasteiger partial charge in [-0.05, 0) is 61.9 Å². The quantitative estimate of drug-likeness (QED) is 0.471. The lowest BCUT2D eigenvalue weighted by molar-refractivity contribution is 0.247. The van der Waals surface area contributed by atoms with Gasteiger partial charge in [0.05, 0.1) is 29.1 Å². The van der Waals surface area contributed by atoms with Gasteiger partial charge < -0.3 is 5.32 Å². The normalized spacial score (nSPS) is 14.8. The van der Waals surface area contributed by atoms with Gasteiger partial charge in [0.2, 0.25) is 0 Å². The van der Waals surface area contributed by atoms with Crippen molar-refractivity contribution in [3.63, 3.8) is 0 Å². The number of benzene rings is 1. The van der Waals surface area contributed by atoms with Crippen molar-refractivity contribution in [1.82, 2.24) is 24.8 Å².